The van der Waals surface area contributed by atoms with Gasteiger partial charge in [0.2, 0.25) is 0 Å². The molecule has 0 saturated heterocycles. The van der Waals surface area contributed by atoms with E-state index in [1.54, 1.807) is 0 Å². The normalized spacial score (nSPS) is 33.6. The van der Waals surface area contributed by atoms with Gasteiger partial charge in [0.25, 0.3) is 0 Å². The highest BCUT2D eigenvalue weighted by Gasteiger charge is 2.30. The third-order valence-corrected chi connectivity index (χ3v) is 5.85. The van der Waals surface area contributed by atoms with Crippen molar-refractivity contribution in [3.05, 3.63) is 30.3 Å². The summed E-state index contributed by atoms with van der Waals surface area (Å²) in [5, 5.41) is 0. The van der Waals surface area contributed by atoms with Crippen molar-refractivity contribution >= 4 is 0 Å². The van der Waals surface area contributed by atoms with Gasteiger partial charge in [0.05, 0.1) is 6.61 Å². The quantitative estimate of drug-likeness (QED) is 0.690. The topological polar surface area (TPSA) is 9.23 Å². The molecule has 1 nitrogen and oxygen atoms in total. The maximum atomic E-state index is 5.94. The van der Waals surface area contributed by atoms with Crippen LogP contribution in [0.1, 0.15) is 58.3 Å². The third kappa shape index (κ3) is 4.25. The van der Waals surface area contributed by atoms with E-state index >= 15 is 0 Å². The summed E-state index contributed by atoms with van der Waals surface area (Å²) in [7, 11) is 0. The Morgan fingerprint density at radius 1 is 0.810 bits per heavy atom. The molecule has 1 heteroatoms. The molecule has 0 aliphatic heterocycles. The van der Waals surface area contributed by atoms with E-state index in [0.717, 1.165) is 36.0 Å². The molecule has 2 saturated carbocycles. The molecular formula is C20H30O. The molecule has 0 N–H and O–H groups in total. The predicted octanol–water partition coefficient (Wildman–Crippen LogP) is 5.70. The monoisotopic (exact) mass is 286 g/mol. The molecule has 0 spiro atoms. The average molecular weight is 286 g/mol. The van der Waals surface area contributed by atoms with Gasteiger partial charge in [-0.2, -0.15) is 0 Å². The fourth-order valence-electron chi connectivity index (χ4n) is 4.31. The summed E-state index contributed by atoms with van der Waals surface area (Å²) >= 11 is 0. The molecule has 116 valence electrons. The average Bonchev–Trinajstić information content (AvgIpc) is 2.55. The van der Waals surface area contributed by atoms with Crippen LogP contribution >= 0.6 is 0 Å². The zero-order valence-corrected chi connectivity index (χ0v) is 13.5. The van der Waals surface area contributed by atoms with Crippen LogP contribution in [0, 0.1) is 23.7 Å². The van der Waals surface area contributed by atoms with Crippen molar-refractivity contribution in [1.29, 1.82) is 0 Å². The first kappa shape index (κ1) is 14.9. The van der Waals surface area contributed by atoms with Crippen LogP contribution in [0.15, 0.2) is 30.3 Å². The Bertz CT molecular complexity index is 397. The van der Waals surface area contributed by atoms with Gasteiger partial charge in [0.15, 0.2) is 0 Å². The Balaban J connectivity index is 1.39. The maximum Gasteiger partial charge on any atom is 0.119 e. The molecule has 2 aliphatic carbocycles. The van der Waals surface area contributed by atoms with E-state index in [1.165, 1.54) is 51.4 Å². The van der Waals surface area contributed by atoms with Crippen LogP contribution in [-0.2, 0) is 0 Å². The lowest BCUT2D eigenvalue weighted by atomic mass is 9.69. The summed E-state index contributed by atoms with van der Waals surface area (Å²) in [6.07, 6.45) is 11.6. The molecule has 1 aromatic carbocycles. The van der Waals surface area contributed by atoms with E-state index in [0.29, 0.717) is 0 Å². The highest BCUT2D eigenvalue weighted by Crippen LogP contribution is 2.41. The summed E-state index contributed by atoms with van der Waals surface area (Å²) in [6, 6.07) is 10.3. The van der Waals surface area contributed by atoms with Crippen LogP contribution < -0.4 is 4.74 Å². The van der Waals surface area contributed by atoms with Gasteiger partial charge in [-0.05, 0) is 74.3 Å². The SMILES string of the molecule is CC1CCC(C2CCC(COc3ccccc3)CC2)CC1. The molecule has 0 aromatic heterocycles. The van der Waals surface area contributed by atoms with Crippen LogP contribution in [0.4, 0.5) is 0 Å². The van der Waals surface area contributed by atoms with E-state index < -0.39 is 0 Å². The number of para-hydroxylation sites is 1. The first-order chi connectivity index (χ1) is 10.3. The van der Waals surface area contributed by atoms with Gasteiger partial charge in [0.1, 0.15) is 5.75 Å². The Kier molecular flexibility index (Phi) is 5.22. The lowest BCUT2D eigenvalue weighted by Gasteiger charge is -2.37. The highest BCUT2D eigenvalue weighted by atomic mass is 16.5. The Morgan fingerprint density at radius 3 is 2.00 bits per heavy atom. The van der Waals surface area contributed by atoms with Crippen molar-refractivity contribution in [1.82, 2.24) is 0 Å². The van der Waals surface area contributed by atoms with Gasteiger partial charge < -0.3 is 4.74 Å². The van der Waals surface area contributed by atoms with Crippen molar-refractivity contribution < 1.29 is 4.74 Å². The number of hydrogen-bond donors (Lipinski definition) is 0. The van der Waals surface area contributed by atoms with Gasteiger partial charge in [0, 0.05) is 0 Å². The van der Waals surface area contributed by atoms with E-state index in [9.17, 15) is 0 Å². The Labute approximate surface area is 130 Å². The molecule has 0 amide bonds. The second-order valence-electron chi connectivity index (χ2n) is 7.42. The summed E-state index contributed by atoms with van der Waals surface area (Å²) in [4.78, 5) is 0. The molecule has 21 heavy (non-hydrogen) atoms. The molecule has 0 atom stereocenters. The maximum absolute atomic E-state index is 5.94. The number of rotatable bonds is 4. The fourth-order valence-corrected chi connectivity index (χ4v) is 4.31. The van der Waals surface area contributed by atoms with Crippen molar-refractivity contribution in [2.45, 2.75) is 58.3 Å². The van der Waals surface area contributed by atoms with Crippen LogP contribution in [-0.4, -0.2) is 6.61 Å². The van der Waals surface area contributed by atoms with Gasteiger partial charge in [-0.25, -0.2) is 0 Å². The molecule has 2 fully saturated rings. The molecule has 3 rings (SSSR count). The number of hydrogen-bond acceptors (Lipinski definition) is 1. The van der Waals surface area contributed by atoms with Crippen molar-refractivity contribution in [2.24, 2.45) is 23.7 Å². The molecule has 0 heterocycles. The molecule has 0 bridgehead atoms. The number of ether oxygens (including phenoxy) is 1. The fraction of sp³-hybridized carbons (Fsp3) is 0.700. The van der Waals surface area contributed by atoms with Crippen LogP contribution in [0.25, 0.3) is 0 Å². The largest absolute Gasteiger partial charge is 0.493 e. The van der Waals surface area contributed by atoms with Gasteiger partial charge in [-0.3, -0.25) is 0 Å². The summed E-state index contributed by atoms with van der Waals surface area (Å²) < 4.78 is 5.94. The minimum absolute atomic E-state index is 0.781. The van der Waals surface area contributed by atoms with Crippen LogP contribution in [0.3, 0.4) is 0 Å². The predicted molar refractivity (Wildman–Crippen MR) is 88.5 cm³/mol. The van der Waals surface area contributed by atoms with Crippen LogP contribution in [0.2, 0.25) is 0 Å². The first-order valence-corrected chi connectivity index (χ1v) is 8.99. The highest BCUT2D eigenvalue weighted by molar-refractivity contribution is 5.20. The van der Waals surface area contributed by atoms with Crippen molar-refractivity contribution in [2.75, 3.05) is 6.61 Å². The van der Waals surface area contributed by atoms with E-state index in [4.69, 9.17) is 4.74 Å². The smallest absolute Gasteiger partial charge is 0.119 e. The lowest BCUT2D eigenvalue weighted by Crippen LogP contribution is -2.27. The van der Waals surface area contributed by atoms with Gasteiger partial charge in [-0.1, -0.05) is 38.0 Å². The second kappa shape index (κ2) is 7.33. The zero-order valence-electron chi connectivity index (χ0n) is 13.5. The van der Waals surface area contributed by atoms with Gasteiger partial charge in [-0.15, -0.1) is 0 Å². The Hall–Kier alpha value is -0.980. The molecule has 1 aromatic rings. The van der Waals surface area contributed by atoms with Crippen LogP contribution in [0.5, 0.6) is 5.75 Å². The molecule has 2 aliphatic rings. The Morgan fingerprint density at radius 2 is 1.38 bits per heavy atom. The lowest BCUT2D eigenvalue weighted by molar-refractivity contribution is 0.126. The minimum atomic E-state index is 0.781. The minimum Gasteiger partial charge on any atom is -0.493 e. The van der Waals surface area contributed by atoms with E-state index in [2.05, 4.69) is 31.2 Å². The van der Waals surface area contributed by atoms with Gasteiger partial charge >= 0.3 is 0 Å². The summed E-state index contributed by atoms with van der Waals surface area (Å²) in [5.74, 6) is 4.85. The van der Waals surface area contributed by atoms with E-state index in [-0.39, 0.29) is 0 Å². The molecular weight excluding hydrogens is 256 g/mol. The second-order valence-corrected chi connectivity index (χ2v) is 7.42. The zero-order chi connectivity index (χ0) is 14.5. The van der Waals surface area contributed by atoms with Crippen molar-refractivity contribution in [3.8, 4) is 5.75 Å². The third-order valence-electron chi connectivity index (χ3n) is 5.85. The first-order valence-electron chi connectivity index (χ1n) is 8.99. The number of benzene rings is 1. The molecule has 0 unspecified atom stereocenters. The standard InChI is InChI=1S/C20H30O/c1-16-7-11-18(12-8-16)19-13-9-17(10-14-19)15-21-20-5-3-2-4-6-20/h2-6,16-19H,7-15H2,1H3. The summed E-state index contributed by atoms with van der Waals surface area (Å²) in [5.41, 5.74) is 0. The van der Waals surface area contributed by atoms with E-state index in [1.807, 2.05) is 6.07 Å². The molecule has 0 radical (unpaired) electrons. The summed E-state index contributed by atoms with van der Waals surface area (Å²) in [6.45, 7) is 3.34. The van der Waals surface area contributed by atoms with Crippen molar-refractivity contribution in [3.63, 3.8) is 0 Å².